The number of aliphatic hydroxyl groups is 1. The molecule has 0 bridgehead atoms. The van der Waals surface area contributed by atoms with Gasteiger partial charge >= 0.3 is 0 Å². The third-order valence-corrected chi connectivity index (χ3v) is 5.82. The molecule has 5 heteroatoms. The average molecular weight is 306 g/mol. The smallest absolute Gasteiger partial charge is 0.186 e. The van der Waals surface area contributed by atoms with Crippen molar-refractivity contribution >= 4 is 27.8 Å². The summed E-state index contributed by atoms with van der Waals surface area (Å²) >= 11 is 3.45. The molecule has 0 atom stereocenters. The van der Waals surface area contributed by atoms with Crippen LogP contribution < -0.4 is 4.90 Å². The van der Waals surface area contributed by atoms with Crippen molar-refractivity contribution in [2.75, 3.05) is 4.90 Å². The summed E-state index contributed by atoms with van der Waals surface area (Å²) in [7, 11) is 0. The number of thiazole rings is 1. The van der Waals surface area contributed by atoms with Crippen molar-refractivity contribution in [1.29, 1.82) is 0 Å². The number of anilines is 1. The maximum Gasteiger partial charge on any atom is 0.186 e. The second kappa shape index (κ2) is 5.13. The molecule has 3 nitrogen and oxygen atoms in total. The van der Waals surface area contributed by atoms with Crippen LogP contribution in [0.5, 0.6) is 0 Å². The monoisotopic (exact) mass is 306 g/mol. The van der Waals surface area contributed by atoms with Gasteiger partial charge in [0.1, 0.15) is 0 Å². The summed E-state index contributed by atoms with van der Waals surface area (Å²) in [6.07, 6.45) is 5.03. The normalized spacial score (nSPS) is 18.4. The molecule has 1 N–H and O–H groups in total. The maximum absolute atomic E-state index is 9.55. The van der Waals surface area contributed by atoms with Gasteiger partial charge in [0.25, 0.3) is 0 Å². The molecule has 2 fully saturated rings. The summed E-state index contributed by atoms with van der Waals surface area (Å²) < 4.78 is 0. The maximum atomic E-state index is 9.55. The predicted octanol–water partition coefficient (Wildman–Crippen LogP) is 3.74. The Hall–Kier alpha value is -0.910. The highest BCUT2D eigenvalue weighted by Gasteiger charge is 2.34. The van der Waals surface area contributed by atoms with Crippen molar-refractivity contribution in [2.45, 2.75) is 50.8 Å². The highest BCUT2D eigenvalue weighted by Crippen LogP contribution is 2.45. The first kappa shape index (κ1) is 12.8. The zero-order valence-corrected chi connectivity index (χ0v) is 12.9. The Bertz CT molecular complexity index is 585. The Morgan fingerprint density at radius 3 is 2.75 bits per heavy atom. The fraction of sp³-hybridized carbons (Fsp3) is 0.533. The lowest BCUT2D eigenvalue weighted by Crippen LogP contribution is -2.24. The fourth-order valence-electron chi connectivity index (χ4n) is 2.58. The van der Waals surface area contributed by atoms with Crippen molar-refractivity contribution in [3.8, 4) is 0 Å². The van der Waals surface area contributed by atoms with Gasteiger partial charge in [0.2, 0.25) is 0 Å². The quantitative estimate of drug-likeness (QED) is 0.883. The molecule has 0 aromatic carbocycles. The van der Waals surface area contributed by atoms with Crippen LogP contribution in [0.15, 0.2) is 16.8 Å². The van der Waals surface area contributed by atoms with Gasteiger partial charge < -0.3 is 10.0 Å². The SMILES string of the molecule is OCc1sc(N(Cc2ccsc2)C2CC2)nc1C1CC1. The van der Waals surface area contributed by atoms with Crippen molar-refractivity contribution < 1.29 is 5.11 Å². The summed E-state index contributed by atoms with van der Waals surface area (Å²) in [5, 5.41) is 15.0. The van der Waals surface area contributed by atoms with Crippen LogP contribution in [0.4, 0.5) is 5.13 Å². The Morgan fingerprint density at radius 1 is 1.30 bits per heavy atom. The molecule has 2 aliphatic rings. The molecule has 0 radical (unpaired) electrons. The number of aromatic nitrogens is 1. The third-order valence-electron chi connectivity index (χ3n) is 3.99. The van der Waals surface area contributed by atoms with Crippen LogP contribution in [0, 0.1) is 0 Å². The van der Waals surface area contributed by atoms with E-state index in [-0.39, 0.29) is 6.61 Å². The lowest BCUT2D eigenvalue weighted by atomic mass is 10.2. The summed E-state index contributed by atoms with van der Waals surface area (Å²) in [5.41, 5.74) is 2.54. The summed E-state index contributed by atoms with van der Waals surface area (Å²) in [6.45, 7) is 1.09. The first-order valence-corrected chi connectivity index (χ1v) is 8.99. The van der Waals surface area contributed by atoms with Crippen LogP contribution in [-0.4, -0.2) is 16.1 Å². The first-order chi connectivity index (χ1) is 9.85. The van der Waals surface area contributed by atoms with E-state index >= 15 is 0 Å². The molecule has 4 rings (SSSR count). The second-order valence-electron chi connectivity index (χ2n) is 5.73. The van der Waals surface area contributed by atoms with Crippen molar-refractivity contribution in [3.05, 3.63) is 33.0 Å². The highest BCUT2D eigenvalue weighted by molar-refractivity contribution is 7.15. The Balaban J connectivity index is 1.62. The molecule has 2 aromatic heterocycles. The van der Waals surface area contributed by atoms with E-state index in [0.717, 1.165) is 16.6 Å². The standard InChI is InChI=1S/C15H18N2OS2/c18-8-13-14(11-1-2-11)16-15(20-13)17(12-3-4-12)7-10-5-6-19-9-10/h5-6,9,11-12,18H,1-4,7-8H2. The van der Waals surface area contributed by atoms with Gasteiger partial charge in [-0.15, -0.1) is 0 Å². The van der Waals surface area contributed by atoms with Crippen molar-refractivity contribution in [3.63, 3.8) is 0 Å². The zero-order valence-electron chi connectivity index (χ0n) is 11.3. The molecule has 2 heterocycles. The zero-order chi connectivity index (χ0) is 13.5. The minimum absolute atomic E-state index is 0.139. The van der Waals surface area contributed by atoms with E-state index in [2.05, 4.69) is 21.7 Å². The lowest BCUT2D eigenvalue weighted by molar-refractivity contribution is 0.284. The summed E-state index contributed by atoms with van der Waals surface area (Å²) in [5.74, 6) is 0.615. The molecule has 0 saturated heterocycles. The van der Waals surface area contributed by atoms with Gasteiger partial charge in [0.05, 0.1) is 17.2 Å². The van der Waals surface area contributed by atoms with E-state index < -0.39 is 0 Å². The molecular formula is C15H18N2OS2. The minimum atomic E-state index is 0.139. The molecule has 2 aliphatic carbocycles. The van der Waals surface area contributed by atoms with E-state index in [1.54, 1.807) is 22.7 Å². The fourth-order valence-corrected chi connectivity index (χ4v) is 4.32. The largest absolute Gasteiger partial charge is 0.391 e. The van der Waals surface area contributed by atoms with E-state index in [9.17, 15) is 5.11 Å². The number of thiophene rings is 1. The Labute approximate surface area is 126 Å². The van der Waals surface area contributed by atoms with Gasteiger partial charge in [-0.1, -0.05) is 11.3 Å². The molecule has 2 aromatic rings. The van der Waals surface area contributed by atoms with Crippen LogP contribution in [0.25, 0.3) is 0 Å². The van der Waals surface area contributed by atoms with Crippen molar-refractivity contribution in [1.82, 2.24) is 4.98 Å². The summed E-state index contributed by atoms with van der Waals surface area (Å²) in [4.78, 5) is 8.40. The van der Waals surface area contributed by atoms with E-state index in [1.807, 2.05) is 0 Å². The van der Waals surface area contributed by atoms with Crippen LogP contribution in [0.3, 0.4) is 0 Å². The van der Waals surface area contributed by atoms with Gasteiger partial charge in [-0.05, 0) is 48.1 Å². The van der Waals surface area contributed by atoms with Gasteiger partial charge in [0.15, 0.2) is 5.13 Å². The van der Waals surface area contributed by atoms with Gasteiger partial charge in [-0.2, -0.15) is 11.3 Å². The second-order valence-corrected chi connectivity index (χ2v) is 7.57. The molecule has 0 amide bonds. The molecule has 106 valence electrons. The Morgan fingerprint density at radius 2 is 2.15 bits per heavy atom. The van der Waals surface area contributed by atoms with Crippen molar-refractivity contribution in [2.24, 2.45) is 0 Å². The predicted molar refractivity (Wildman–Crippen MR) is 83.5 cm³/mol. The number of nitrogens with zero attached hydrogens (tertiary/aromatic N) is 2. The minimum Gasteiger partial charge on any atom is -0.391 e. The third kappa shape index (κ3) is 2.50. The molecule has 0 aliphatic heterocycles. The highest BCUT2D eigenvalue weighted by atomic mass is 32.1. The number of rotatable bonds is 6. The molecule has 20 heavy (non-hydrogen) atoms. The molecular weight excluding hydrogens is 288 g/mol. The van der Waals surface area contributed by atoms with E-state index in [4.69, 9.17) is 4.98 Å². The Kier molecular flexibility index (Phi) is 3.28. The lowest BCUT2D eigenvalue weighted by Gasteiger charge is -2.20. The topological polar surface area (TPSA) is 36.4 Å². The van der Waals surface area contributed by atoms with Gasteiger partial charge in [0, 0.05) is 18.5 Å². The number of hydrogen-bond acceptors (Lipinski definition) is 5. The summed E-state index contributed by atoms with van der Waals surface area (Å²) in [6, 6.07) is 2.85. The van der Waals surface area contributed by atoms with Crippen LogP contribution in [0.1, 0.15) is 47.7 Å². The van der Waals surface area contributed by atoms with Crippen LogP contribution >= 0.6 is 22.7 Å². The van der Waals surface area contributed by atoms with Gasteiger partial charge in [-0.3, -0.25) is 0 Å². The van der Waals surface area contributed by atoms with E-state index in [1.165, 1.54) is 36.9 Å². The van der Waals surface area contributed by atoms with Crippen LogP contribution in [-0.2, 0) is 13.2 Å². The molecule has 0 spiro atoms. The molecule has 2 saturated carbocycles. The first-order valence-electron chi connectivity index (χ1n) is 7.23. The van der Waals surface area contributed by atoms with Crippen LogP contribution in [0.2, 0.25) is 0 Å². The molecule has 0 unspecified atom stereocenters. The van der Waals surface area contributed by atoms with E-state index in [0.29, 0.717) is 12.0 Å². The number of hydrogen-bond donors (Lipinski definition) is 1. The van der Waals surface area contributed by atoms with Gasteiger partial charge in [-0.25, -0.2) is 4.98 Å². The number of aliphatic hydroxyl groups excluding tert-OH is 1. The average Bonchev–Trinajstić information content (AvgIpc) is 3.39.